The maximum Gasteiger partial charge on any atom is 0.0851 e. The Morgan fingerprint density at radius 2 is 1.11 bits per heavy atom. The largest absolute Gasteiger partial charge is 1.00 e. The van der Waals surface area contributed by atoms with Gasteiger partial charge in [-0.1, -0.05) is 0 Å². The third kappa shape index (κ3) is 5570. The van der Waals surface area contributed by atoms with E-state index in [9.17, 15) is 0 Å². The van der Waals surface area contributed by atoms with Crippen molar-refractivity contribution in [1.82, 2.24) is 0 Å². The molecule has 0 aromatic carbocycles. The summed E-state index contributed by atoms with van der Waals surface area (Å²) in [7, 11) is 5.71. The van der Waals surface area contributed by atoms with Gasteiger partial charge in [-0.25, -0.2) is 0 Å². The van der Waals surface area contributed by atoms with Gasteiger partial charge >= 0.3 is 0 Å². The molecule has 0 bridgehead atoms. The standard InChI is InChI=1S/C3H11N2.C2H4.2ClH/c1-5(2,3)4;1-2;;/h4H2,1-3H3;1-2H2;2*1H/q+1;;;/p-1. The molecular formula is C5H16Cl2N2. The average Bonchev–Trinajstić information content (AvgIpc) is 1.36. The van der Waals surface area contributed by atoms with Gasteiger partial charge in [0, 0.05) is 0 Å². The minimum atomic E-state index is 0. The summed E-state index contributed by atoms with van der Waals surface area (Å²) in [5.74, 6) is 5.29. The smallest absolute Gasteiger partial charge is 0.0851 e. The van der Waals surface area contributed by atoms with E-state index < -0.39 is 0 Å². The lowest BCUT2D eigenvalue weighted by molar-refractivity contribution is -0.882. The molecule has 0 aliphatic heterocycles. The van der Waals surface area contributed by atoms with Crippen LogP contribution < -0.4 is 18.2 Å². The molecule has 0 aliphatic rings. The van der Waals surface area contributed by atoms with Gasteiger partial charge in [-0.3, -0.25) is 4.59 Å². The molecule has 0 rings (SSSR count). The number of hydrogen-bond donors (Lipinski definition) is 1. The Morgan fingerprint density at radius 1 is 1.11 bits per heavy atom. The lowest BCUT2D eigenvalue weighted by Crippen LogP contribution is -3.00. The molecule has 0 unspecified atom stereocenters. The predicted octanol–water partition coefficient (Wildman–Crippen LogP) is -2.21. The third-order valence-electron chi connectivity index (χ3n) is 0. The molecule has 0 atom stereocenters. The molecule has 4 heteroatoms. The summed E-state index contributed by atoms with van der Waals surface area (Å²) in [5, 5.41) is 0. The van der Waals surface area contributed by atoms with Gasteiger partial charge in [0.05, 0.1) is 21.1 Å². The zero-order valence-corrected chi connectivity index (χ0v) is 7.80. The van der Waals surface area contributed by atoms with Gasteiger partial charge in [-0.15, -0.1) is 25.6 Å². The number of nitrogens with zero attached hydrogens (tertiary/aromatic N) is 1. The Labute approximate surface area is 70.1 Å². The molecule has 0 aliphatic carbocycles. The summed E-state index contributed by atoms with van der Waals surface area (Å²) >= 11 is 0. The first-order chi connectivity index (χ1) is 3.00. The average molecular weight is 175 g/mol. The van der Waals surface area contributed by atoms with Crippen molar-refractivity contribution < 1.29 is 17.0 Å². The van der Waals surface area contributed by atoms with E-state index in [2.05, 4.69) is 13.2 Å². The quantitative estimate of drug-likeness (QED) is 0.192. The highest BCUT2D eigenvalue weighted by atomic mass is 35.5. The van der Waals surface area contributed by atoms with Gasteiger partial charge in [0.2, 0.25) is 0 Å². The first-order valence-electron chi connectivity index (χ1n) is 2.10. The molecule has 0 fully saturated rings. The van der Waals surface area contributed by atoms with E-state index in [-0.39, 0.29) is 24.8 Å². The maximum atomic E-state index is 5.29. The van der Waals surface area contributed by atoms with Crippen LogP contribution in [0.4, 0.5) is 0 Å². The second-order valence-electron chi connectivity index (χ2n) is 2.12. The second-order valence-corrected chi connectivity index (χ2v) is 2.12. The van der Waals surface area contributed by atoms with Crippen molar-refractivity contribution in [3.8, 4) is 0 Å². The zero-order chi connectivity index (χ0) is 6.50. The van der Waals surface area contributed by atoms with E-state index in [4.69, 9.17) is 5.84 Å². The highest BCUT2D eigenvalue weighted by molar-refractivity contribution is 5.85. The van der Waals surface area contributed by atoms with Gasteiger partial charge in [0.1, 0.15) is 0 Å². The van der Waals surface area contributed by atoms with Crippen molar-refractivity contribution in [2.45, 2.75) is 0 Å². The van der Waals surface area contributed by atoms with Crippen LogP contribution in [0.1, 0.15) is 0 Å². The summed E-state index contributed by atoms with van der Waals surface area (Å²) in [6.45, 7) is 6.00. The minimum Gasteiger partial charge on any atom is -1.00 e. The van der Waals surface area contributed by atoms with Gasteiger partial charge in [0.15, 0.2) is 0 Å². The Kier molecular flexibility index (Phi) is 28.2. The van der Waals surface area contributed by atoms with Crippen LogP contribution in [0.15, 0.2) is 13.2 Å². The number of rotatable bonds is 0. The topological polar surface area (TPSA) is 26.0 Å². The maximum absolute atomic E-state index is 5.29. The summed E-state index contributed by atoms with van der Waals surface area (Å²) in [4.78, 5) is 0. The van der Waals surface area contributed by atoms with Crippen LogP contribution in [0.2, 0.25) is 0 Å². The molecule has 0 amide bonds. The molecule has 2 N–H and O–H groups in total. The van der Waals surface area contributed by atoms with Gasteiger partial charge < -0.3 is 12.4 Å². The molecule has 0 aromatic rings. The number of hydrogen-bond acceptors (Lipinski definition) is 1. The number of halogens is 2. The van der Waals surface area contributed by atoms with Crippen LogP contribution in [0, 0.1) is 0 Å². The van der Waals surface area contributed by atoms with Crippen LogP contribution in [-0.2, 0) is 0 Å². The molecule has 60 valence electrons. The fourth-order valence-corrected chi connectivity index (χ4v) is 0. The van der Waals surface area contributed by atoms with Crippen molar-refractivity contribution >= 4 is 12.4 Å². The van der Waals surface area contributed by atoms with E-state index in [1.807, 2.05) is 21.1 Å². The van der Waals surface area contributed by atoms with E-state index in [0.717, 1.165) is 0 Å². The number of nitrogens with two attached hydrogens (primary N) is 1. The first kappa shape index (κ1) is 22.8. The van der Waals surface area contributed by atoms with Crippen LogP contribution in [-0.4, -0.2) is 25.7 Å². The molecule has 0 saturated carbocycles. The summed E-state index contributed by atoms with van der Waals surface area (Å²) in [6, 6.07) is 0. The molecule has 2 nitrogen and oxygen atoms in total. The Bertz CT molecular complexity index is 36.7. The van der Waals surface area contributed by atoms with Crippen molar-refractivity contribution in [1.29, 1.82) is 0 Å². The van der Waals surface area contributed by atoms with Crippen molar-refractivity contribution in [2.75, 3.05) is 21.1 Å². The number of quaternary nitrogens is 1. The fourth-order valence-electron chi connectivity index (χ4n) is 0. The van der Waals surface area contributed by atoms with Gasteiger partial charge in [0.25, 0.3) is 0 Å². The fraction of sp³-hybridized carbons (Fsp3) is 0.600. The van der Waals surface area contributed by atoms with E-state index in [1.165, 1.54) is 0 Å². The molecule has 9 heavy (non-hydrogen) atoms. The van der Waals surface area contributed by atoms with Crippen LogP contribution in [0.3, 0.4) is 0 Å². The van der Waals surface area contributed by atoms with E-state index in [0.29, 0.717) is 4.59 Å². The summed E-state index contributed by atoms with van der Waals surface area (Å²) in [5.41, 5.74) is 0. The lowest BCUT2D eigenvalue weighted by Gasteiger charge is -2.12. The van der Waals surface area contributed by atoms with E-state index in [1.54, 1.807) is 0 Å². The van der Waals surface area contributed by atoms with E-state index >= 15 is 0 Å². The highest BCUT2D eigenvalue weighted by Gasteiger charge is 1.89. The van der Waals surface area contributed by atoms with Crippen molar-refractivity contribution in [2.24, 2.45) is 5.84 Å². The van der Waals surface area contributed by atoms with Crippen LogP contribution in [0.5, 0.6) is 0 Å². The normalized spacial score (nSPS) is 7.11. The lowest BCUT2D eigenvalue weighted by atomic mass is 10.9. The molecule has 0 radical (unpaired) electrons. The molecule has 0 spiro atoms. The van der Waals surface area contributed by atoms with Crippen LogP contribution >= 0.6 is 12.4 Å². The van der Waals surface area contributed by atoms with Crippen LogP contribution in [0.25, 0.3) is 0 Å². The van der Waals surface area contributed by atoms with Gasteiger partial charge in [-0.2, -0.15) is 5.84 Å². The molecular weight excluding hydrogens is 159 g/mol. The summed E-state index contributed by atoms with van der Waals surface area (Å²) < 4.78 is 0.500. The molecule has 0 saturated heterocycles. The first-order valence-corrected chi connectivity index (χ1v) is 2.10. The molecule has 0 heterocycles. The van der Waals surface area contributed by atoms with Crippen molar-refractivity contribution in [3.05, 3.63) is 13.2 Å². The Hall–Kier alpha value is 0.240. The minimum absolute atomic E-state index is 0. The summed E-state index contributed by atoms with van der Waals surface area (Å²) in [6.07, 6.45) is 0. The Balaban J connectivity index is -0.0000000286. The zero-order valence-electron chi connectivity index (χ0n) is 6.22. The predicted molar refractivity (Wildman–Crippen MR) is 40.7 cm³/mol. The van der Waals surface area contributed by atoms with Crippen molar-refractivity contribution in [3.63, 3.8) is 0 Å². The Morgan fingerprint density at radius 3 is 1.11 bits per heavy atom. The molecule has 0 aromatic heterocycles. The SMILES string of the molecule is C=C.C[N+](C)(C)N.Cl.[Cl-]. The second kappa shape index (κ2) is 11.1. The van der Waals surface area contributed by atoms with Gasteiger partial charge in [-0.05, 0) is 0 Å². The monoisotopic (exact) mass is 174 g/mol. The third-order valence-corrected chi connectivity index (χ3v) is 0. The highest BCUT2D eigenvalue weighted by Crippen LogP contribution is 1.65.